The molecule has 0 aliphatic rings. The van der Waals surface area contributed by atoms with E-state index in [0.29, 0.717) is 13.0 Å². The summed E-state index contributed by atoms with van der Waals surface area (Å²) in [5.41, 5.74) is 0.0825. The first-order valence-electron chi connectivity index (χ1n) is 15.4. The second-order valence-electron chi connectivity index (χ2n) is 13.5. The molecule has 3 amide bonds. The number of carbonyl (C=O) groups is 4. The summed E-state index contributed by atoms with van der Waals surface area (Å²) in [5.74, 6) is -2.65. The molecule has 0 heterocycles. The number of ether oxygens (including phenoxy) is 1. The number of Topliss-reactive ketones (excluding diaryl/α,β-unsaturated/α-hetero) is 1. The summed E-state index contributed by atoms with van der Waals surface area (Å²) >= 11 is 0. The number of ketones is 1. The lowest BCUT2D eigenvalue weighted by Gasteiger charge is -2.29. The van der Waals surface area contributed by atoms with Crippen LogP contribution >= 0.6 is 0 Å². The van der Waals surface area contributed by atoms with Gasteiger partial charge in [0.05, 0.1) is 18.4 Å². The lowest BCUT2D eigenvalue weighted by molar-refractivity contribution is -0.132. The van der Waals surface area contributed by atoms with Crippen molar-refractivity contribution in [3.8, 4) is 0 Å². The number of alkyl carbamates (subject to hydrolysis) is 1. The third-order valence-electron chi connectivity index (χ3n) is 6.88. The Morgan fingerprint density at radius 2 is 1.51 bits per heavy atom. The van der Waals surface area contributed by atoms with E-state index < -0.39 is 69.1 Å². The Hall–Kier alpha value is -3.03. The van der Waals surface area contributed by atoms with E-state index in [2.05, 4.69) is 21.3 Å². The van der Waals surface area contributed by atoms with Crippen LogP contribution in [0.5, 0.6) is 0 Å². The van der Waals surface area contributed by atoms with Crippen molar-refractivity contribution in [1.82, 2.24) is 21.3 Å². The van der Waals surface area contributed by atoms with Crippen LogP contribution in [0.15, 0.2) is 30.3 Å². The Balaban J connectivity index is 2.88. The smallest absolute Gasteiger partial charge is 0.408 e. The van der Waals surface area contributed by atoms with E-state index in [1.54, 1.807) is 27.7 Å². The van der Waals surface area contributed by atoms with Crippen molar-refractivity contribution < 1.29 is 37.4 Å². The van der Waals surface area contributed by atoms with Gasteiger partial charge in [0.15, 0.2) is 5.78 Å². The Labute approximate surface area is 268 Å². The molecule has 0 bridgehead atoms. The molecule has 0 fully saturated rings. The van der Waals surface area contributed by atoms with E-state index in [0.717, 1.165) is 11.8 Å². The van der Waals surface area contributed by atoms with Gasteiger partial charge in [-0.15, -0.1) is 0 Å². The number of hydrogen-bond donors (Lipinski definition) is 5. The van der Waals surface area contributed by atoms with E-state index >= 15 is 0 Å². The highest BCUT2D eigenvalue weighted by atomic mass is 32.2. The van der Waals surface area contributed by atoms with E-state index in [-0.39, 0.29) is 30.7 Å². The number of amides is 3. The van der Waals surface area contributed by atoms with Gasteiger partial charge in [-0.1, -0.05) is 65.0 Å². The quantitative estimate of drug-likeness (QED) is 0.159. The average Bonchev–Trinajstić information content (AvgIpc) is 2.90. The fourth-order valence-electron chi connectivity index (χ4n) is 4.57. The first-order chi connectivity index (χ1) is 20.7. The van der Waals surface area contributed by atoms with Crippen LogP contribution in [0.3, 0.4) is 0 Å². The van der Waals surface area contributed by atoms with Gasteiger partial charge < -0.3 is 31.1 Å². The maximum atomic E-state index is 13.1. The summed E-state index contributed by atoms with van der Waals surface area (Å²) < 4.78 is 29.2. The molecule has 5 N–H and O–H groups in total. The lowest BCUT2D eigenvalue weighted by atomic mass is 9.92. The largest absolute Gasteiger partial charge is 0.444 e. The summed E-state index contributed by atoms with van der Waals surface area (Å²) in [6.07, 6.45) is -0.500. The van der Waals surface area contributed by atoms with Crippen molar-refractivity contribution in [3.05, 3.63) is 35.9 Å². The number of benzene rings is 1. The van der Waals surface area contributed by atoms with Crippen molar-refractivity contribution in [2.45, 2.75) is 105 Å². The molecule has 0 aromatic heterocycles. The van der Waals surface area contributed by atoms with Crippen molar-refractivity contribution in [2.24, 2.45) is 17.8 Å². The van der Waals surface area contributed by atoms with E-state index in [1.807, 2.05) is 58.0 Å². The van der Waals surface area contributed by atoms with Gasteiger partial charge in [0.1, 0.15) is 27.5 Å². The zero-order chi connectivity index (χ0) is 34.5. The normalized spacial score (nSPS) is 15.5. The highest BCUT2D eigenvalue weighted by Gasteiger charge is 2.31. The zero-order valence-corrected chi connectivity index (χ0v) is 29.0. The average molecular weight is 655 g/mol. The van der Waals surface area contributed by atoms with Crippen LogP contribution in [0.25, 0.3) is 0 Å². The Morgan fingerprint density at radius 1 is 0.911 bits per heavy atom. The summed E-state index contributed by atoms with van der Waals surface area (Å²) in [4.78, 5) is 51.4. The molecule has 1 rings (SSSR count). The van der Waals surface area contributed by atoms with Crippen LogP contribution in [0.4, 0.5) is 4.79 Å². The minimum absolute atomic E-state index is 0.0454. The standard InChI is InChI=1S/C32H54N4O8S/c1-20(2)15-24(33-18-27(38)25(19-45(9,42)43)35-31(41)44-32(6,7)8)26(37)16-22(5)29(39)36-28(21(3)4)30(40)34-17-23-13-11-10-12-14-23/h10-14,20-22,24-26,28,33,37H,15-19H2,1-9H3,(H,34,40)(H,35,41)(H,36,39)/t22?,24-,25-,26?,28?/m0/s1. The molecule has 256 valence electrons. The zero-order valence-electron chi connectivity index (χ0n) is 28.2. The van der Waals surface area contributed by atoms with Crippen molar-refractivity contribution in [3.63, 3.8) is 0 Å². The highest BCUT2D eigenvalue weighted by Crippen LogP contribution is 2.17. The maximum absolute atomic E-state index is 13.1. The second kappa shape index (κ2) is 18.2. The van der Waals surface area contributed by atoms with E-state index in [9.17, 15) is 32.7 Å². The van der Waals surface area contributed by atoms with Crippen LogP contribution in [-0.2, 0) is 35.5 Å². The Bertz CT molecular complexity index is 1220. The molecular formula is C32H54N4O8S. The molecule has 1 aromatic rings. The maximum Gasteiger partial charge on any atom is 0.408 e. The van der Waals surface area contributed by atoms with Gasteiger partial charge in [0, 0.05) is 24.8 Å². The molecule has 0 radical (unpaired) electrons. The van der Waals surface area contributed by atoms with Crippen molar-refractivity contribution in [1.29, 1.82) is 0 Å². The molecule has 0 saturated carbocycles. The Kier molecular flexibility index (Phi) is 16.2. The molecule has 0 saturated heterocycles. The van der Waals surface area contributed by atoms with Gasteiger partial charge in [0.2, 0.25) is 11.8 Å². The SMILES string of the molecule is CC(C)C[C@H](NCC(=O)[C@H](CS(C)(=O)=O)NC(=O)OC(C)(C)C)C(O)CC(C)C(=O)NC(C(=O)NCc1ccccc1)C(C)C. The molecule has 0 aliphatic carbocycles. The first kappa shape index (κ1) is 40.0. The third-order valence-corrected chi connectivity index (χ3v) is 7.82. The molecule has 13 heteroatoms. The molecule has 1 aromatic carbocycles. The number of nitrogens with one attached hydrogen (secondary N) is 4. The van der Waals surface area contributed by atoms with Crippen LogP contribution in [0, 0.1) is 17.8 Å². The Morgan fingerprint density at radius 3 is 2.02 bits per heavy atom. The molecule has 45 heavy (non-hydrogen) atoms. The molecular weight excluding hydrogens is 600 g/mol. The number of hydrogen-bond acceptors (Lipinski definition) is 9. The summed E-state index contributed by atoms with van der Waals surface area (Å²) in [5, 5.41) is 22.2. The fraction of sp³-hybridized carbons (Fsp3) is 0.688. The third kappa shape index (κ3) is 16.7. The van der Waals surface area contributed by atoms with Gasteiger partial charge >= 0.3 is 6.09 Å². The summed E-state index contributed by atoms with van der Waals surface area (Å²) in [6.45, 7) is 14.1. The molecule has 3 unspecified atom stereocenters. The highest BCUT2D eigenvalue weighted by molar-refractivity contribution is 7.90. The van der Waals surface area contributed by atoms with Gasteiger partial charge in [-0.25, -0.2) is 13.2 Å². The number of aliphatic hydroxyl groups excluding tert-OH is 1. The van der Waals surface area contributed by atoms with Crippen LogP contribution in [0.2, 0.25) is 0 Å². The predicted molar refractivity (Wildman–Crippen MR) is 174 cm³/mol. The van der Waals surface area contributed by atoms with E-state index in [1.165, 1.54) is 0 Å². The predicted octanol–water partition coefficient (Wildman–Crippen LogP) is 2.34. The molecule has 5 atom stereocenters. The number of rotatable bonds is 18. The van der Waals surface area contributed by atoms with Gasteiger partial charge in [-0.05, 0) is 51.0 Å². The number of sulfone groups is 1. The van der Waals surface area contributed by atoms with Crippen LogP contribution in [0.1, 0.15) is 73.8 Å². The van der Waals surface area contributed by atoms with Crippen LogP contribution < -0.4 is 21.3 Å². The minimum Gasteiger partial charge on any atom is -0.444 e. The summed E-state index contributed by atoms with van der Waals surface area (Å²) in [7, 11) is -3.64. The fourth-order valence-corrected chi connectivity index (χ4v) is 5.44. The lowest BCUT2D eigenvalue weighted by Crippen LogP contribution is -2.53. The summed E-state index contributed by atoms with van der Waals surface area (Å²) in [6, 6.07) is 6.69. The van der Waals surface area contributed by atoms with Crippen LogP contribution in [-0.4, -0.2) is 85.6 Å². The topological polar surface area (TPSA) is 180 Å². The van der Waals surface area contributed by atoms with Gasteiger partial charge in [-0.3, -0.25) is 14.4 Å². The van der Waals surface area contributed by atoms with Crippen molar-refractivity contribution >= 4 is 33.5 Å². The molecule has 0 aliphatic heterocycles. The first-order valence-corrected chi connectivity index (χ1v) is 17.5. The number of aliphatic hydroxyl groups is 1. The second-order valence-corrected chi connectivity index (χ2v) is 15.7. The van der Waals surface area contributed by atoms with Gasteiger partial charge in [0.25, 0.3) is 0 Å². The van der Waals surface area contributed by atoms with Gasteiger partial charge in [-0.2, -0.15) is 0 Å². The minimum atomic E-state index is -3.64. The monoisotopic (exact) mass is 654 g/mol. The number of carbonyl (C=O) groups excluding carboxylic acids is 4. The molecule has 0 spiro atoms. The van der Waals surface area contributed by atoms with E-state index in [4.69, 9.17) is 4.74 Å². The van der Waals surface area contributed by atoms with Crippen molar-refractivity contribution in [2.75, 3.05) is 18.6 Å². The molecule has 12 nitrogen and oxygen atoms in total.